The Morgan fingerprint density at radius 3 is 2.50 bits per heavy atom. The molecule has 3 nitrogen and oxygen atoms in total. The first-order valence-corrected chi connectivity index (χ1v) is 4.41. The van der Waals surface area contributed by atoms with Gasteiger partial charge in [0.15, 0.2) is 0 Å². The molecule has 0 radical (unpaired) electrons. The molecule has 1 heterocycles. The number of rotatable bonds is 1. The van der Waals surface area contributed by atoms with E-state index in [-0.39, 0.29) is 5.69 Å². The molecule has 0 unspecified atom stereocenters. The van der Waals surface area contributed by atoms with Crippen molar-refractivity contribution in [3.05, 3.63) is 28.5 Å². The third-order valence-corrected chi connectivity index (χ3v) is 1.47. The fourth-order valence-electron chi connectivity index (χ4n) is 0.540. The van der Waals surface area contributed by atoms with Crippen LogP contribution in [0.3, 0.4) is 0 Å². The van der Waals surface area contributed by atoms with Crippen molar-refractivity contribution >= 4 is 21.8 Å². The van der Waals surface area contributed by atoms with E-state index in [1.54, 1.807) is 12.1 Å². The molecule has 1 rings (SSSR count). The van der Waals surface area contributed by atoms with Crippen LogP contribution in [0.15, 0.2) is 22.8 Å². The summed E-state index contributed by atoms with van der Waals surface area (Å²) in [7, 11) is 0. The topological polar surface area (TPSA) is 56.0 Å². The number of aromatic nitrogens is 1. The predicted octanol–water partition coefficient (Wildman–Crippen LogP) is 1.97. The molecule has 12 heavy (non-hydrogen) atoms. The van der Waals surface area contributed by atoms with Gasteiger partial charge in [-0.15, -0.1) is 0 Å². The van der Waals surface area contributed by atoms with E-state index in [0.717, 1.165) is 4.47 Å². The zero-order valence-electron chi connectivity index (χ0n) is 7.04. The van der Waals surface area contributed by atoms with Crippen molar-refractivity contribution in [2.45, 2.75) is 13.8 Å². The largest absolute Gasteiger partial charge is 0.364 e. The average molecular weight is 231 g/mol. The number of amides is 1. The van der Waals surface area contributed by atoms with Crippen LogP contribution in [0.2, 0.25) is 0 Å². The standard InChI is InChI=1S/C6H5BrN2O.C2H6/c7-4-1-2-9-5(3-4)6(8)10;1-2/h1-3H,(H2,8,10);1-2H3. The van der Waals surface area contributed by atoms with E-state index in [4.69, 9.17) is 5.73 Å². The first-order chi connectivity index (χ1) is 5.70. The van der Waals surface area contributed by atoms with E-state index in [0.29, 0.717) is 0 Å². The van der Waals surface area contributed by atoms with Gasteiger partial charge in [0.25, 0.3) is 5.91 Å². The molecular formula is C8H11BrN2O. The maximum absolute atomic E-state index is 10.5. The van der Waals surface area contributed by atoms with Gasteiger partial charge in [0.05, 0.1) is 0 Å². The number of primary amides is 1. The van der Waals surface area contributed by atoms with E-state index in [2.05, 4.69) is 20.9 Å². The highest BCUT2D eigenvalue weighted by Gasteiger charge is 1.99. The molecule has 0 aliphatic carbocycles. The van der Waals surface area contributed by atoms with Crippen LogP contribution in [0.5, 0.6) is 0 Å². The highest BCUT2D eigenvalue weighted by Crippen LogP contribution is 2.08. The van der Waals surface area contributed by atoms with E-state index in [1.165, 1.54) is 6.20 Å². The van der Waals surface area contributed by atoms with Crippen molar-refractivity contribution in [1.82, 2.24) is 4.98 Å². The normalized spacial score (nSPS) is 8.25. The Kier molecular flexibility index (Phi) is 5.28. The molecule has 0 bridgehead atoms. The summed E-state index contributed by atoms with van der Waals surface area (Å²) in [5, 5.41) is 0. The molecule has 66 valence electrons. The lowest BCUT2D eigenvalue weighted by molar-refractivity contribution is 0.0995. The van der Waals surface area contributed by atoms with Crippen LogP contribution < -0.4 is 5.73 Å². The summed E-state index contributed by atoms with van der Waals surface area (Å²) in [6.07, 6.45) is 1.52. The van der Waals surface area contributed by atoms with E-state index < -0.39 is 5.91 Å². The highest BCUT2D eigenvalue weighted by molar-refractivity contribution is 9.10. The molecule has 1 aromatic rings. The average Bonchev–Trinajstić information content (AvgIpc) is 2.08. The first kappa shape index (κ1) is 11.1. The summed E-state index contributed by atoms with van der Waals surface area (Å²) in [6, 6.07) is 3.30. The van der Waals surface area contributed by atoms with Crippen LogP contribution >= 0.6 is 15.9 Å². The van der Waals surface area contributed by atoms with Gasteiger partial charge in [-0.25, -0.2) is 0 Å². The van der Waals surface area contributed by atoms with Gasteiger partial charge >= 0.3 is 0 Å². The zero-order chi connectivity index (χ0) is 9.56. The summed E-state index contributed by atoms with van der Waals surface area (Å²) in [4.78, 5) is 14.2. The summed E-state index contributed by atoms with van der Waals surface area (Å²) in [5.41, 5.74) is 5.23. The maximum atomic E-state index is 10.5. The number of nitrogens with two attached hydrogens (primary N) is 1. The highest BCUT2D eigenvalue weighted by atomic mass is 79.9. The number of carbonyl (C=O) groups is 1. The van der Waals surface area contributed by atoms with E-state index in [1.807, 2.05) is 13.8 Å². The second-order valence-electron chi connectivity index (χ2n) is 1.72. The summed E-state index contributed by atoms with van der Waals surface area (Å²) in [5.74, 6) is -0.513. The number of hydrogen-bond donors (Lipinski definition) is 1. The predicted molar refractivity (Wildman–Crippen MR) is 51.8 cm³/mol. The van der Waals surface area contributed by atoms with Crippen LogP contribution in [0.25, 0.3) is 0 Å². The number of nitrogens with zero attached hydrogens (tertiary/aromatic N) is 1. The SMILES string of the molecule is CC.NC(=O)c1cc(Br)ccn1. The Labute approximate surface area is 80.1 Å². The quantitative estimate of drug-likeness (QED) is 0.803. The van der Waals surface area contributed by atoms with E-state index in [9.17, 15) is 4.79 Å². The maximum Gasteiger partial charge on any atom is 0.267 e. The molecule has 0 aliphatic rings. The Balaban J connectivity index is 0.000000561. The Morgan fingerprint density at radius 2 is 2.17 bits per heavy atom. The van der Waals surface area contributed by atoms with Gasteiger partial charge in [-0.3, -0.25) is 9.78 Å². The second-order valence-corrected chi connectivity index (χ2v) is 2.64. The number of halogens is 1. The number of carbonyl (C=O) groups excluding carboxylic acids is 1. The Morgan fingerprint density at radius 1 is 1.58 bits per heavy atom. The van der Waals surface area contributed by atoms with Crippen molar-refractivity contribution in [1.29, 1.82) is 0 Å². The van der Waals surface area contributed by atoms with Gasteiger partial charge in [0.1, 0.15) is 5.69 Å². The minimum Gasteiger partial charge on any atom is -0.364 e. The van der Waals surface area contributed by atoms with Crippen molar-refractivity contribution in [2.24, 2.45) is 5.73 Å². The van der Waals surface area contributed by atoms with Crippen molar-refractivity contribution in [3.8, 4) is 0 Å². The van der Waals surface area contributed by atoms with Gasteiger partial charge in [-0.1, -0.05) is 29.8 Å². The summed E-state index contributed by atoms with van der Waals surface area (Å²) in [6.45, 7) is 4.00. The lowest BCUT2D eigenvalue weighted by Gasteiger charge is -1.92. The molecule has 0 aromatic carbocycles. The van der Waals surface area contributed by atoms with Gasteiger partial charge in [0.2, 0.25) is 0 Å². The van der Waals surface area contributed by atoms with Crippen molar-refractivity contribution in [3.63, 3.8) is 0 Å². The minimum absolute atomic E-state index is 0.273. The lowest BCUT2D eigenvalue weighted by atomic mass is 10.3. The molecule has 0 fully saturated rings. The molecule has 1 amide bonds. The molecule has 4 heteroatoms. The van der Waals surface area contributed by atoms with Gasteiger partial charge in [0, 0.05) is 10.7 Å². The first-order valence-electron chi connectivity index (χ1n) is 3.61. The van der Waals surface area contributed by atoms with Crippen LogP contribution in [-0.4, -0.2) is 10.9 Å². The smallest absolute Gasteiger partial charge is 0.267 e. The molecule has 2 N–H and O–H groups in total. The lowest BCUT2D eigenvalue weighted by Crippen LogP contribution is -2.12. The van der Waals surface area contributed by atoms with Gasteiger partial charge < -0.3 is 5.73 Å². The van der Waals surface area contributed by atoms with Crippen LogP contribution in [0, 0.1) is 0 Å². The van der Waals surface area contributed by atoms with Crippen molar-refractivity contribution in [2.75, 3.05) is 0 Å². The molecule has 0 saturated carbocycles. The third-order valence-electron chi connectivity index (χ3n) is 0.974. The van der Waals surface area contributed by atoms with Crippen LogP contribution in [0.1, 0.15) is 24.3 Å². The fraction of sp³-hybridized carbons (Fsp3) is 0.250. The molecule has 0 aliphatic heterocycles. The molecule has 0 saturated heterocycles. The zero-order valence-corrected chi connectivity index (χ0v) is 8.63. The van der Waals surface area contributed by atoms with Crippen LogP contribution in [-0.2, 0) is 0 Å². The molecule has 1 aromatic heterocycles. The Bertz CT molecular complexity index is 263. The fourth-order valence-corrected chi connectivity index (χ4v) is 0.875. The summed E-state index contributed by atoms with van der Waals surface area (Å²) < 4.78 is 0.802. The van der Waals surface area contributed by atoms with Crippen molar-refractivity contribution < 1.29 is 4.79 Å². The molecule has 0 atom stereocenters. The van der Waals surface area contributed by atoms with Gasteiger partial charge in [-0.2, -0.15) is 0 Å². The monoisotopic (exact) mass is 230 g/mol. The number of hydrogen-bond acceptors (Lipinski definition) is 2. The van der Waals surface area contributed by atoms with Gasteiger partial charge in [-0.05, 0) is 12.1 Å². The van der Waals surface area contributed by atoms with E-state index >= 15 is 0 Å². The number of pyridine rings is 1. The Hall–Kier alpha value is -0.900. The molecular weight excluding hydrogens is 220 g/mol. The third kappa shape index (κ3) is 3.48. The minimum atomic E-state index is -0.513. The summed E-state index contributed by atoms with van der Waals surface area (Å²) >= 11 is 3.18. The second kappa shape index (κ2) is 5.71. The van der Waals surface area contributed by atoms with Crippen LogP contribution in [0.4, 0.5) is 0 Å². The molecule has 0 spiro atoms.